The highest BCUT2D eigenvalue weighted by Gasteiger charge is 2.20. The van der Waals surface area contributed by atoms with Crippen molar-refractivity contribution < 1.29 is 22.7 Å². The Kier molecular flexibility index (Phi) is 8.95. The average molecular weight is 481 g/mol. The van der Waals surface area contributed by atoms with E-state index in [-0.39, 0.29) is 11.5 Å². The van der Waals surface area contributed by atoms with Gasteiger partial charge in [0.25, 0.3) is 0 Å². The number of hydrogen-bond donors (Lipinski definition) is 0. The van der Waals surface area contributed by atoms with Gasteiger partial charge in [0, 0.05) is 25.4 Å². The van der Waals surface area contributed by atoms with Crippen molar-refractivity contribution in [3.8, 4) is 5.75 Å². The number of esters is 1. The minimum atomic E-state index is -3.50. The number of pyridine rings is 1. The predicted octanol–water partition coefficient (Wildman–Crippen LogP) is 4.45. The van der Waals surface area contributed by atoms with Crippen LogP contribution in [0, 0.1) is 0 Å². The van der Waals surface area contributed by atoms with Crippen molar-refractivity contribution in [2.24, 2.45) is 0 Å². The molecule has 1 heterocycles. The van der Waals surface area contributed by atoms with Gasteiger partial charge in [-0.15, -0.1) is 0 Å². The molecule has 0 bridgehead atoms. The van der Waals surface area contributed by atoms with Crippen LogP contribution in [0.1, 0.15) is 30.7 Å². The van der Waals surface area contributed by atoms with Gasteiger partial charge in [0.1, 0.15) is 19.0 Å². The summed E-state index contributed by atoms with van der Waals surface area (Å²) in [6.45, 7) is 4.93. The van der Waals surface area contributed by atoms with Crippen LogP contribution in [0.2, 0.25) is 0 Å². The molecule has 34 heavy (non-hydrogen) atoms. The normalized spacial score (nSPS) is 11.6. The zero-order valence-corrected chi connectivity index (χ0v) is 20.1. The number of ether oxygens (including phenoxy) is 2. The van der Waals surface area contributed by atoms with Gasteiger partial charge in [-0.3, -0.25) is 4.98 Å². The van der Waals surface area contributed by atoms with Gasteiger partial charge in [-0.05, 0) is 53.6 Å². The Morgan fingerprint density at radius 3 is 2.26 bits per heavy atom. The largest absolute Gasteiger partial charge is 0.487 e. The summed E-state index contributed by atoms with van der Waals surface area (Å²) in [4.78, 5) is 16.5. The highest BCUT2D eigenvalue weighted by atomic mass is 32.2. The first-order chi connectivity index (χ1) is 16.4. The Labute approximate surface area is 200 Å². The molecule has 0 atom stereocenters. The number of nitrogens with zero attached hydrogens (tertiary/aromatic N) is 2. The summed E-state index contributed by atoms with van der Waals surface area (Å²) in [6.07, 6.45) is 4.63. The second kappa shape index (κ2) is 12.1. The van der Waals surface area contributed by atoms with Crippen LogP contribution >= 0.6 is 0 Å². The Bertz CT molecular complexity index is 1190. The standard InChI is InChI=1S/C26H28N2O5S/c1-3-28(4-2)34(30,31)25-15-10-21(11-16-25)12-17-26(29)33-19-22-8-13-24(14-9-22)32-20-23-7-5-6-18-27-23/h5-18H,3-4,19-20H2,1-2H3/b17-12+. The van der Waals surface area contributed by atoms with Gasteiger partial charge in [-0.1, -0.05) is 44.2 Å². The van der Waals surface area contributed by atoms with Crippen molar-refractivity contribution in [3.05, 3.63) is 95.8 Å². The number of benzene rings is 2. The lowest BCUT2D eigenvalue weighted by atomic mass is 10.2. The van der Waals surface area contributed by atoms with Crippen molar-refractivity contribution in [2.75, 3.05) is 13.1 Å². The fraction of sp³-hybridized carbons (Fsp3) is 0.231. The first kappa shape index (κ1) is 25.1. The van der Waals surface area contributed by atoms with E-state index in [1.807, 2.05) is 42.5 Å². The minimum absolute atomic E-state index is 0.130. The minimum Gasteiger partial charge on any atom is -0.487 e. The summed E-state index contributed by atoms with van der Waals surface area (Å²) >= 11 is 0. The third-order valence-electron chi connectivity index (χ3n) is 5.05. The zero-order chi connectivity index (χ0) is 24.4. The van der Waals surface area contributed by atoms with E-state index >= 15 is 0 Å². The number of carbonyl (C=O) groups excluding carboxylic acids is 1. The molecule has 0 aliphatic rings. The van der Waals surface area contributed by atoms with E-state index in [0.717, 1.165) is 11.3 Å². The van der Waals surface area contributed by atoms with Crippen LogP contribution in [0.4, 0.5) is 0 Å². The van der Waals surface area contributed by atoms with E-state index in [0.29, 0.717) is 31.0 Å². The van der Waals surface area contributed by atoms with E-state index < -0.39 is 16.0 Å². The Balaban J connectivity index is 1.48. The Hall–Kier alpha value is -3.49. The number of rotatable bonds is 11. The molecule has 8 heteroatoms. The summed E-state index contributed by atoms with van der Waals surface area (Å²) in [5.41, 5.74) is 2.37. The number of aromatic nitrogens is 1. The first-order valence-electron chi connectivity index (χ1n) is 11.0. The van der Waals surface area contributed by atoms with Crippen molar-refractivity contribution in [3.63, 3.8) is 0 Å². The molecule has 3 aromatic rings. The molecule has 3 rings (SSSR count). The summed E-state index contributed by atoms with van der Waals surface area (Å²) in [5.74, 6) is 0.211. The van der Waals surface area contributed by atoms with Gasteiger partial charge >= 0.3 is 5.97 Å². The molecule has 178 valence electrons. The molecule has 0 saturated carbocycles. The number of carbonyl (C=O) groups is 1. The smallest absolute Gasteiger partial charge is 0.331 e. The lowest BCUT2D eigenvalue weighted by Crippen LogP contribution is -2.30. The molecule has 0 unspecified atom stereocenters. The van der Waals surface area contributed by atoms with Crippen LogP contribution in [0.5, 0.6) is 5.75 Å². The average Bonchev–Trinajstić information content (AvgIpc) is 2.87. The highest BCUT2D eigenvalue weighted by molar-refractivity contribution is 7.89. The van der Waals surface area contributed by atoms with Crippen LogP contribution in [0.25, 0.3) is 6.08 Å². The van der Waals surface area contributed by atoms with Gasteiger partial charge in [0.05, 0.1) is 10.6 Å². The van der Waals surface area contributed by atoms with Gasteiger partial charge in [-0.2, -0.15) is 4.31 Å². The monoisotopic (exact) mass is 480 g/mol. The fourth-order valence-corrected chi connectivity index (χ4v) is 4.61. The molecule has 0 saturated heterocycles. The lowest BCUT2D eigenvalue weighted by Gasteiger charge is -2.18. The molecule has 0 amide bonds. The third kappa shape index (κ3) is 7.00. The molecule has 7 nitrogen and oxygen atoms in total. The molecule has 0 radical (unpaired) electrons. The summed E-state index contributed by atoms with van der Waals surface area (Å²) in [7, 11) is -3.50. The molecular weight excluding hydrogens is 452 g/mol. The summed E-state index contributed by atoms with van der Waals surface area (Å²) in [6, 6.07) is 19.3. The van der Waals surface area contributed by atoms with Crippen LogP contribution in [0.15, 0.2) is 83.9 Å². The zero-order valence-electron chi connectivity index (χ0n) is 19.3. The van der Waals surface area contributed by atoms with Gasteiger partial charge in [0.15, 0.2) is 0 Å². The van der Waals surface area contributed by atoms with Crippen molar-refractivity contribution >= 4 is 22.1 Å². The van der Waals surface area contributed by atoms with Crippen molar-refractivity contribution in [2.45, 2.75) is 32.0 Å². The maximum absolute atomic E-state index is 12.5. The molecule has 0 spiro atoms. The topological polar surface area (TPSA) is 85.8 Å². The molecule has 0 N–H and O–H groups in total. The van der Waals surface area contributed by atoms with E-state index in [1.165, 1.54) is 22.5 Å². The number of sulfonamides is 1. The molecule has 0 aliphatic carbocycles. The first-order valence-corrected chi connectivity index (χ1v) is 12.4. The maximum Gasteiger partial charge on any atom is 0.331 e. The SMILES string of the molecule is CCN(CC)S(=O)(=O)c1ccc(/C=C/C(=O)OCc2ccc(OCc3ccccn3)cc2)cc1. The van der Waals surface area contributed by atoms with E-state index in [9.17, 15) is 13.2 Å². The molecule has 1 aromatic heterocycles. The maximum atomic E-state index is 12.5. The van der Waals surface area contributed by atoms with Crippen molar-refractivity contribution in [1.82, 2.24) is 9.29 Å². The van der Waals surface area contributed by atoms with Gasteiger partial charge < -0.3 is 9.47 Å². The van der Waals surface area contributed by atoms with E-state index in [1.54, 1.807) is 38.3 Å². The molecule has 0 fully saturated rings. The van der Waals surface area contributed by atoms with Gasteiger partial charge in [-0.25, -0.2) is 13.2 Å². The quantitative estimate of drug-likeness (QED) is 0.298. The highest BCUT2D eigenvalue weighted by Crippen LogP contribution is 2.17. The second-order valence-corrected chi connectivity index (χ2v) is 9.29. The van der Waals surface area contributed by atoms with Crippen LogP contribution in [-0.4, -0.2) is 36.8 Å². The van der Waals surface area contributed by atoms with Crippen molar-refractivity contribution in [1.29, 1.82) is 0 Å². The number of hydrogen-bond acceptors (Lipinski definition) is 6. The molecular formula is C26H28N2O5S. The Morgan fingerprint density at radius 1 is 0.941 bits per heavy atom. The molecule has 0 aliphatic heterocycles. The van der Waals surface area contributed by atoms with Crippen LogP contribution in [0.3, 0.4) is 0 Å². The van der Waals surface area contributed by atoms with E-state index in [4.69, 9.17) is 9.47 Å². The molecule has 2 aromatic carbocycles. The van der Waals surface area contributed by atoms with Crippen LogP contribution in [-0.2, 0) is 32.8 Å². The predicted molar refractivity (Wildman–Crippen MR) is 130 cm³/mol. The third-order valence-corrected chi connectivity index (χ3v) is 7.12. The lowest BCUT2D eigenvalue weighted by molar-refractivity contribution is -0.138. The fourth-order valence-electron chi connectivity index (χ4n) is 3.15. The Morgan fingerprint density at radius 2 is 1.65 bits per heavy atom. The van der Waals surface area contributed by atoms with Crippen LogP contribution < -0.4 is 4.74 Å². The van der Waals surface area contributed by atoms with Gasteiger partial charge in [0.2, 0.25) is 10.0 Å². The summed E-state index contributed by atoms with van der Waals surface area (Å²) in [5, 5.41) is 0. The summed E-state index contributed by atoms with van der Waals surface area (Å²) < 4.78 is 37.4. The second-order valence-electron chi connectivity index (χ2n) is 7.35. The van der Waals surface area contributed by atoms with E-state index in [2.05, 4.69) is 4.98 Å².